The molecule has 0 aliphatic heterocycles. The summed E-state index contributed by atoms with van der Waals surface area (Å²) in [7, 11) is 1.76. The number of hydrogen-bond donors (Lipinski definition) is 2. The molecule has 0 aliphatic carbocycles. The van der Waals surface area contributed by atoms with E-state index >= 15 is 0 Å². The summed E-state index contributed by atoms with van der Waals surface area (Å²) in [6.07, 6.45) is 4.48. The summed E-state index contributed by atoms with van der Waals surface area (Å²) in [5.74, 6) is 2.55. The standard InChI is InChI=1S/C19H27N9/c1-5-17-25-24-13-27(17)9-8-21-19(20-4)23-12-16-6-7-18(22-11-16)28-15(3)10-14(2)26-28/h6-7,10-11,13H,5,8-9,12H2,1-4H3,(H2,20,21,23). The maximum absolute atomic E-state index is 4.52. The van der Waals surface area contributed by atoms with Crippen LogP contribution in [0.1, 0.15) is 29.7 Å². The molecule has 148 valence electrons. The van der Waals surface area contributed by atoms with Gasteiger partial charge in [-0.25, -0.2) is 9.67 Å². The third kappa shape index (κ3) is 4.73. The molecular weight excluding hydrogens is 354 g/mol. The molecule has 28 heavy (non-hydrogen) atoms. The molecule has 0 spiro atoms. The van der Waals surface area contributed by atoms with Crippen molar-refractivity contribution in [3.8, 4) is 5.82 Å². The van der Waals surface area contributed by atoms with Gasteiger partial charge < -0.3 is 15.2 Å². The van der Waals surface area contributed by atoms with Gasteiger partial charge in [-0.15, -0.1) is 10.2 Å². The fourth-order valence-corrected chi connectivity index (χ4v) is 2.95. The normalized spacial score (nSPS) is 11.6. The SMILES string of the molecule is CCc1nncn1CCNC(=NC)NCc1ccc(-n2nc(C)cc2C)nc1. The van der Waals surface area contributed by atoms with E-state index in [-0.39, 0.29) is 0 Å². The zero-order valence-electron chi connectivity index (χ0n) is 16.8. The van der Waals surface area contributed by atoms with Crippen molar-refractivity contribution in [2.75, 3.05) is 13.6 Å². The first-order chi connectivity index (χ1) is 13.6. The summed E-state index contributed by atoms with van der Waals surface area (Å²) in [5, 5.41) is 19.1. The summed E-state index contributed by atoms with van der Waals surface area (Å²) in [4.78, 5) is 8.79. The lowest BCUT2D eigenvalue weighted by atomic mass is 10.3. The van der Waals surface area contributed by atoms with E-state index in [1.165, 1.54) is 0 Å². The topological polar surface area (TPSA) is 97.8 Å². The highest BCUT2D eigenvalue weighted by molar-refractivity contribution is 5.79. The Hall–Kier alpha value is -3.23. The highest BCUT2D eigenvalue weighted by atomic mass is 15.3. The molecule has 0 unspecified atom stereocenters. The highest BCUT2D eigenvalue weighted by Crippen LogP contribution is 2.10. The van der Waals surface area contributed by atoms with Crippen LogP contribution in [0.15, 0.2) is 35.7 Å². The Morgan fingerprint density at radius 3 is 2.71 bits per heavy atom. The summed E-state index contributed by atoms with van der Waals surface area (Å²) >= 11 is 0. The van der Waals surface area contributed by atoms with Gasteiger partial charge >= 0.3 is 0 Å². The molecule has 0 amide bonds. The van der Waals surface area contributed by atoms with Crippen molar-refractivity contribution in [1.82, 2.24) is 40.2 Å². The number of pyridine rings is 1. The van der Waals surface area contributed by atoms with Crippen molar-refractivity contribution in [1.29, 1.82) is 0 Å². The van der Waals surface area contributed by atoms with Crippen LogP contribution in [0.4, 0.5) is 0 Å². The number of hydrogen-bond acceptors (Lipinski definition) is 5. The number of aliphatic imine (C=N–C) groups is 1. The van der Waals surface area contributed by atoms with E-state index in [1.54, 1.807) is 13.4 Å². The summed E-state index contributed by atoms with van der Waals surface area (Å²) < 4.78 is 3.89. The average molecular weight is 381 g/mol. The van der Waals surface area contributed by atoms with Crippen LogP contribution in [0.2, 0.25) is 0 Å². The fraction of sp³-hybridized carbons (Fsp3) is 0.421. The molecule has 3 rings (SSSR count). The molecule has 0 aromatic carbocycles. The summed E-state index contributed by atoms with van der Waals surface area (Å²) in [6, 6.07) is 6.06. The minimum absolute atomic E-state index is 0.636. The number of guanidine groups is 1. The van der Waals surface area contributed by atoms with Crippen LogP contribution in [0.25, 0.3) is 5.82 Å². The predicted molar refractivity (Wildman–Crippen MR) is 108 cm³/mol. The lowest BCUT2D eigenvalue weighted by Gasteiger charge is -2.13. The van der Waals surface area contributed by atoms with Gasteiger partial charge in [0.25, 0.3) is 0 Å². The summed E-state index contributed by atoms with van der Waals surface area (Å²) in [6.45, 7) is 8.23. The van der Waals surface area contributed by atoms with Crippen molar-refractivity contribution in [2.45, 2.75) is 40.3 Å². The van der Waals surface area contributed by atoms with Gasteiger partial charge in [-0.3, -0.25) is 4.99 Å². The highest BCUT2D eigenvalue weighted by Gasteiger charge is 2.06. The molecular formula is C19H27N9. The number of nitrogens with zero attached hydrogens (tertiary/aromatic N) is 7. The molecule has 0 aliphatic rings. The number of rotatable bonds is 7. The molecule has 0 radical (unpaired) electrons. The number of nitrogens with one attached hydrogen (secondary N) is 2. The van der Waals surface area contributed by atoms with Crippen LogP contribution in [0.5, 0.6) is 0 Å². The molecule has 9 heteroatoms. The average Bonchev–Trinajstić information content (AvgIpc) is 3.30. The first-order valence-electron chi connectivity index (χ1n) is 9.40. The second kappa shape index (κ2) is 9.12. The van der Waals surface area contributed by atoms with Gasteiger partial charge in [0.15, 0.2) is 11.8 Å². The van der Waals surface area contributed by atoms with E-state index in [0.29, 0.717) is 6.54 Å². The Bertz CT molecular complexity index is 921. The van der Waals surface area contributed by atoms with E-state index in [0.717, 1.165) is 54.1 Å². The van der Waals surface area contributed by atoms with Gasteiger partial charge in [0.1, 0.15) is 12.2 Å². The Labute approximate surface area is 164 Å². The number of aryl methyl sites for hydroxylation is 3. The first kappa shape index (κ1) is 19.5. The van der Waals surface area contributed by atoms with Crippen LogP contribution in [0.3, 0.4) is 0 Å². The van der Waals surface area contributed by atoms with Crippen LogP contribution < -0.4 is 10.6 Å². The minimum atomic E-state index is 0.636. The van der Waals surface area contributed by atoms with E-state index in [4.69, 9.17) is 0 Å². The van der Waals surface area contributed by atoms with Gasteiger partial charge in [-0.2, -0.15) is 5.10 Å². The zero-order valence-corrected chi connectivity index (χ0v) is 16.8. The molecule has 0 saturated carbocycles. The van der Waals surface area contributed by atoms with Gasteiger partial charge in [0.05, 0.1) is 5.69 Å². The van der Waals surface area contributed by atoms with Crippen molar-refractivity contribution in [2.24, 2.45) is 4.99 Å². The molecule has 3 heterocycles. The van der Waals surface area contributed by atoms with Crippen molar-refractivity contribution in [3.63, 3.8) is 0 Å². The van der Waals surface area contributed by atoms with Crippen molar-refractivity contribution >= 4 is 5.96 Å². The molecule has 0 bridgehead atoms. The van der Waals surface area contributed by atoms with Gasteiger partial charge in [0.2, 0.25) is 0 Å². The maximum Gasteiger partial charge on any atom is 0.191 e. The monoisotopic (exact) mass is 381 g/mol. The van der Waals surface area contributed by atoms with Crippen LogP contribution in [-0.2, 0) is 19.5 Å². The Morgan fingerprint density at radius 1 is 1.21 bits per heavy atom. The van der Waals surface area contributed by atoms with Gasteiger partial charge in [-0.05, 0) is 31.5 Å². The molecule has 3 aromatic rings. The molecule has 3 aromatic heterocycles. The number of aromatic nitrogens is 6. The Balaban J connectivity index is 1.50. The minimum Gasteiger partial charge on any atom is -0.355 e. The molecule has 0 fully saturated rings. The first-order valence-corrected chi connectivity index (χ1v) is 9.40. The Morgan fingerprint density at radius 2 is 2.07 bits per heavy atom. The Kier molecular flexibility index (Phi) is 6.36. The summed E-state index contributed by atoms with van der Waals surface area (Å²) in [5.41, 5.74) is 3.12. The smallest absolute Gasteiger partial charge is 0.191 e. The maximum atomic E-state index is 4.52. The predicted octanol–water partition coefficient (Wildman–Crippen LogP) is 1.40. The quantitative estimate of drug-likeness (QED) is 0.474. The zero-order chi connectivity index (χ0) is 19.9. The van der Waals surface area contributed by atoms with Crippen LogP contribution in [-0.4, -0.2) is 49.1 Å². The molecule has 0 saturated heterocycles. The van der Waals surface area contributed by atoms with Crippen LogP contribution in [0, 0.1) is 13.8 Å². The van der Waals surface area contributed by atoms with E-state index in [2.05, 4.69) is 42.8 Å². The fourth-order valence-electron chi connectivity index (χ4n) is 2.95. The van der Waals surface area contributed by atoms with E-state index in [9.17, 15) is 0 Å². The third-order valence-electron chi connectivity index (χ3n) is 4.38. The second-order valence-electron chi connectivity index (χ2n) is 6.51. The molecule has 9 nitrogen and oxygen atoms in total. The molecule has 0 atom stereocenters. The lowest BCUT2D eigenvalue weighted by Crippen LogP contribution is -2.38. The third-order valence-corrected chi connectivity index (χ3v) is 4.38. The molecule has 2 N–H and O–H groups in total. The van der Waals surface area contributed by atoms with Crippen molar-refractivity contribution < 1.29 is 0 Å². The van der Waals surface area contributed by atoms with Gasteiger partial charge in [-0.1, -0.05) is 13.0 Å². The van der Waals surface area contributed by atoms with Crippen LogP contribution >= 0.6 is 0 Å². The van der Waals surface area contributed by atoms with E-state index in [1.807, 2.05) is 47.5 Å². The second-order valence-corrected chi connectivity index (χ2v) is 6.51. The largest absolute Gasteiger partial charge is 0.355 e. The van der Waals surface area contributed by atoms with E-state index < -0.39 is 0 Å². The lowest BCUT2D eigenvalue weighted by molar-refractivity contribution is 0.632. The van der Waals surface area contributed by atoms with Gasteiger partial charge in [0, 0.05) is 45.0 Å². The van der Waals surface area contributed by atoms with Crippen molar-refractivity contribution in [3.05, 3.63) is 53.5 Å².